The summed E-state index contributed by atoms with van der Waals surface area (Å²) < 4.78 is 0. The maximum atomic E-state index is 9.25. The van der Waals surface area contributed by atoms with E-state index in [0.717, 1.165) is 25.9 Å². The van der Waals surface area contributed by atoms with Gasteiger partial charge in [-0.1, -0.05) is 32.1 Å². The van der Waals surface area contributed by atoms with Crippen LogP contribution in [0, 0.1) is 5.41 Å². The summed E-state index contributed by atoms with van der Waals surface area (Å²) in [5.74, 6) is 0.318. The van der Waals surface area contributed by atoms with Gasteiger partial charge in [0.2, 0.25) is 0 Å². The lowest BCUT2D eigenvalue weighted by Crippen LogP contribution is -2.32. The first-order valence-electron chi connectivity index (χ1n) is 6.22. The summed E-state index contributed by atoms with van der Waals surface area (Å²) in [5.41, 5.74) is 1.29. The first-order chi connectivity index (χ1) is 8.09. The van der Waals surface area contributed by atoms with Gasteiger partial charge in [-0.25, -0.2) is 0 Å². The smallest absolute Gasteiger partial charge is 0.115 e. The highest BCUT2D eigenvalue weighted by molar-refractivity contribution is 5.27. The molecule has 2 N–H and O–H groups in total. The predicted octanol–water partition coefficient (Wildman–Crippen LogP) is 3.13. The van der Waals surface area contributed by atoms with Crippen molar-refractivity contribution in [1.82, 2.24) is 5.32 Å². The quantitative estimate of drug-likeness (QED) is 0.560. The van der Waals surface area contributed by atoms with Gasteiger partial charge in [0.05, 0.1) is 0 Å². The van der Waals surface area contributed by atoms with Crippen molar-refractivity contribution in [2.24, 2.45) is 5.41 Å². The molecule has 1 aromatic carbocycles. The molecule has 1 atom stereocenters. The van der Waals surface area contributed by atoms with Crippen molar-refractivity contribution < 1.29 is 5.11 Å². The van der Waals surface area contributed by atoms with Crippen LogP contribution in [0.25, 0.3) is 0 Å². The van der Waals surface area contributed by atoms with Crippen LogP contribution in [-0.2, 0) is 6.42 Å². The minimum absolute atomic E-state index is 0.0616. The standard InChI is InChI=1S/C15H23NO/c1-4-10-16-12-15(3,5-2)11-13-6-8-14(17)9-7-13/h5-9,16-17H,2,4,10-12H2,1,3H3. The zero-order valence-electron chi connectivity index (χ0n) is 10.9. The highest BCUT2D eigenvalue weighted by Crippen LogP contribution is 2.24. The number of phenolic OH excluding ortho intramolecular Hbond substituents is 1. The fourth-order valence-corrected chi connectivity index (χ4v) is 1.84. The monoisotopic (exact) mass is 233 g/mol. The van der Waals surface area contributed by atoms with Crippen molar-refractivity contribution in [2.45, 2.75) is 26.7 Å². The average Bonchev–Trinajstić information content (AvgIpc) is 2.33. The van der Waals surface area contributed by atoms with Gasteiger partial charge in [-0.2, -0.15) is 0 Å². The summed E-state index contributed by atoms with van der Waals surface area (Å²) in [6.45, 7) is 10.3. The SMILES string of the molecule is C=CC(C)(CNCCC)Cc1ccc(O)cc1. The Morgan fingerprint density at radius 1 is 1.35 bits per heavy atom. The van der Waals surface area contributed by atoms with Crippen molar-refractivity contribution in [3.63, 3.8) is 0 Å². The van der Waals surface area contributed by atoms with E-state index in [2.05, 4.69) is 25.7 Å². The summed E-state index contributed by atoms with van der Waals surface area (Å²) in [4.78, 5) is 0. The number of phenols is 1. The van der Waals surface area contributed by atoms with E-state index < -0.39 is 0 Å². The molecular weight excluding hydrogens is 210 g/mol. The number of nitrogens with one attached hydrogen (secondary N) is 1. The van der Waals surface area contributed by atoms with Gasteiger partial charge in [0.15, 0.2) is 0 Å². The van der Waals surface area contributed by atoms with E-state index in [1.165, 1.54) is 5.56 Å². The fourth-order valence-electron chi connectivity index (χ4n) is 1.84. The average molecular weight is 233 g/mol. The molecule has 0 aromatic heterocycles. The van der Waals surface area contributed by atoms with Crippen LogP contribution in [0.4, 0.5) is 0 Å². The van der Waals surface area contributed by atoms with Crippen LogP contribution in [0.5, 0.6) is 5.75 Å². The Morgan fingerprint density at radius 2 is 2.00 bits per heavy atom. The Bertz CT molecular complexity index is 344. The van der Waals surface area contributed by atoms with E-state index in [9.17, 15) is 5.11 Å². The number of hydrogen-bond acceptors (Lipinski definition) is 2. The van der Waals surface area contributed by atoms with E-state index >= 15 is 0 Å². The first kappa shape index (κ1) is 13.8. The molecule has 0 bridgehead atoms. The lowest BCUT2D eigenvalue weighted by molar-refractivity contribution is 0.391. The third kappa shape index (κ3) is 4.61. The van der Waals surface area contributed by atoms with Gasteiger partial charge >= 0.3 is 0 Å². The van der Waals surface area contributed by atoms with Crippen molar-refractivity contribution in [1.29, 1.82) is 0 Å². The first-order valence-corrected chi connectivity index (χ1v) is 6.22. The number of benzene rings is 1. The summed E-state index contributed by atoms with van der Waals surface area (Å²) in [6, 6.07) is 7.41. The number of rotatable bonds is 7. The van der Waals surface area contributed by atoms with Crippen molar-refractivity contribution >= 4 is 0 Å². The van der Waals surface area contributed by atoms with Gasteiger partial charge in [0, 0.05) is 12.0 Å². The van der Waals surface area contributed by atoms with Gasteiger partial charge in [-0.05, 0) is 37.1 Å². The molecule has 1 unspecified atom stereocenters. The summed E-state index contributed by atoms with van der Waals surface area (Å²) in [6.07, 6.45) is 4.10. The Balaban J connectivity index is 2.61. The third-order valence-corrected chi connectivity index (χ3v) is 2.99. The molecule has 94 valence electrons. The molecule has 0 fully saturated rings. The van der Waals surface area contributed by atoms with Gasteiger partial charge < -0.3 is 10.4 Å². The zero-order valence-corrected chi connectivity index (χ0v) is 10.9. The fraction of sp³-hybridized carbons (Fsp3) is 0.467. The van der Waals surface area contributed by atoms with Crippen LogP contribution in [0.1, 0.15) is 25.8 Å². The molecule has 17 heavy (non-hydrogen) atoms. The maximum absolute atomic E-state index is 9.25. The summed E-state index contributed by atoms with van der Waals surface area (Å²) in [5, 5.41) is 12.7. The van der Waals surface area contributed by atoms with Crippen LogP contribution in [0.15, 0.2) is 36.9 Å². The highest BCUT2D eigenvalue weighted by Gasteiger charge is 2.20. The summed E-state index contributed by atoms with van der Waals surface area (Å²) >= 11 is 0. The molecule has 0 spiro atoms. The number of hydrogen-bond donors (Lipinski definition) is 2. The van der Waals surface area contributed by atoms with E-state index in [-0.39, 0.29) is 5.41 Å². The molecule has 0 radical (unpaired) electrons. The molecule has 0 aliphatic carbocycles. The molecule has 2 nitrogen and oxygen atoms in total. The van der Waals surface area contributed by atoms with Gasteiger partial charge in [-0.3, -0.25) is 0 Å². The van der Waals surface area contributed by atoms with Crippen LogP contribution >= 0.6 is 0 Å². The van der Waals surface area contributed by atoms with Crippen molar-refractivity contribution in [3.05, 3.63) is 42.5 Å². The Kier molecular flexibility index (Phi) is 5.23. The van der Waals surface area contributed by atoms with Crippen LogP contribution < -0.4 is 5.32 Å². The minimum atomic E-state index is 0.0616. The molecule has 2 heteroatoms. The van der Waals surface area contributed by atoms with E-state index in [1.807, 2.05) is 18.2 Å². The normalized spacial score (nSPS) is 14.2. The second kappa shape index (κ2) is 6.45. The maximum Gasteiger partial charge on any atom is 0.115 e. The van der Waals surface area contributed by atoms with Crippen LogP contribution in [0.3, 0.4) is 0 Å². The van der Waals surface area contributed by atoms with E-state index in [1.54, 1.807) is 12.1 Å². The van der Waals surface area contributed by atoms with Crippen LogP contribution in [0.2, 0.25) is 0 Å². The predicted molar refractivity (Wildman–Crippen MR) is 73.3 cm³/mol. The van der Waals surface area contributed by atoms with Gasteiger partial charge in [0.25, 0.3) is 0 Å². The molecule has 0 amide bonds. The lowest BCUT2D eigenvalue weighted by Gasteiger charge is -2.26. The van der Waals surface area contributed by atoms with Gasteiger partial charge in [0.1, 0.15) is 5.75 Å². The molecule has 1 rings (SSSR count). The molecule has 0 aliphatic heterocycles. The molecule has 0 aliphatic rings. The largest absolute Gasteiger partial charge is 0.508 e. The second-order valence-corrected chi connectivity index (χ2v) is 4.88. The topological polar surface area (TPSA) is 32.3 Å². The molecule has 1 aromatic rings. The van der Waals surface area contributed by atoms with Crippen LogP contribution in [-0.4, -0.2) is 18.2 Å². The molecule has 0 saturated heterocycles. The Labute approximate surface area is 104 Å². The van der Waals surface area contributed by atoms with Crippen molar-refractivity contribution in [2.75, 3.05) is 13.1 Å². The molecule has 0 heterocycles. The van der Waals surface area contributed by atoms with E-state index in [0.29, 0.717) is 5.75 Å². The van der Waals surface area contributed by atoms with E-state index in [4.69, 9.17) is 0 Å². The lowest BCUT2D eigenvalue weighted by atomic mass is 9.83. The molecule has 0 saturated carbocycles. The second-order valence-electron chi connectivity index (χ2n) is 4.88. The summed E-state index contributed by atoms with van der Waals surface area (Å²) in [7, 11) is 0. The molecular formula is C15H23NO. The minimum Gasteiger partial charge on any atom is -0.508 e. The zero-order chi connectivity index (χ0) is 12.7. The highest BCUT2D eigenvalue weighted by atomic mass is 16.3. The third-order valence-electron chi connectivity index (χ3n) is 2.99. The van der Waals surface area contributed by atoms with Crippen molar-refractivity contribution in [3.8, 4) is 5.75 Å². The Morgan fingerprint density at radius 3 is 2.53 bits per heavy atom. The Hall–Kier alpha value is -1.28. The van der Waals surface area contributed by atoms with Gasteiger partial charge in [-0.15, -0.1) is 6.58 Å². The number of aromatic hydroxyl groups is 1.